The van der Waals surface area contributed by atoms with Crippen LogP contribution in [0.15, 0.2) is 91.0 Å². The number of anilines is 1. The topological polar surface area (TPSA) is 17.2 Å². The lowest BCUT2D eigenvalue weighted by molar-refractivity contribution is -0.351. The molecule has 0 heterocycles. The third-order valence-corrected chi connectivity index (χ3v) is 4.74. The molecule has 3 heteroatoms. The van der Waals surface area contributed by atoms with Crippen molar-refractivity contribution in [1.82, 2.24) is 0 Å². The maximum absolute atomic E-state index is 3.54. The van der Waals surface area contributed by atoms with Crippen molar-refractivity contribution in [2.75, 3.05) is 19.0 Å². The van der Waals surface area contributed by atoms with Gasteiger partial charge < -0.3 is 17.3 Å². The van der Waals surface area contributed by atoms with E-state index in [1.54, 1.807) is 0 Å². The van der Waals surface area contributed by atoms with Crippen molar-refractivity contribution in [2.24, 2.45) is 0 Å². The van der Waals surface area contributed by atoms with Crippen molar-refractivity contribution in [3.63, 3.8) is 0 Å². The summed E-state index contributed by atoms with van der Waals surface area (Å²) in [7, 11) is 4.12. The zero-order valence-corrected chi connectivity index (χ0v) is 16.8. The van der Waals surface area contributed by atoms with E-state index in [-0.39, 0.29) is 12.4 Å². The van der Waals surface area contributed by atoms with Gasteiger partial charge in [0, 0.05) is 38.0 Å². The van der Waals surface area contributed by atoms with E-state index in [2.05, 4.69) is 103 Å². The Morgan fingerprint density at radius 1 is 0.714 bits per heavy atom. The molecule has 3 aromatic carbocycles. The number of benzene rings is 3. The second kappa shape index (κ2) is 8.73. The van der Waals surface area contributed by atoms with Gasteiger partial charge in [-0.05, 0) is 47.1 Å². The molecule has 0 saturated carbocycles. The highest BCUT2D eigenvalue weighted by atomic mass is 35.5. The van der Waals surface area contributed by atoms with E-state index in [1.165, 1.54) is 28.0 Å². The van der Waals surface area contributed by atoms with E-state index < -0.39 is 0 Å². The van der Waals surface area contributed by atoms with Gasteiger partial charge >= 0.3 is 0 Å². The molecule has 2 nitrogen and oxygen atoms in total. The van der Waals surface area contributed by atoms with Crippen LogP contribution >= 0.6 is 0 Å². The van der Waals surface area contributed by atoms with Gasteiger partial charge in [0.1, 0.15) is 0 Å². The van der Waals surface area contributed by atoms with Crippen LogP contribution in [-0.2, 0) is 0 Å². The zero-order chi connectivity index (χ0) is 18.6. The highest BCUT2D eigenvalue weighted by Crippen LogP contribution is 2.27. The van der Waals surface area contributed by atoms with Gasteiger partial charge in [-0.3, -0.25) is 0 Å². The summed E-state index contributed by atoms with van der Waals surface area (Å²) in [6, 6.07) is 27.5. The lowest BCUT2D eigenvalue weighted by Crippen LogP contribution is -3.00. The Kier molecular flexibility index (Phi) is 6.13. The van der Waals surface area contributed by atoms with Crippen LogP contribution in [0.3, 0.4) is 0 Å². The Balaban J connectivity index is 0.00000225. The molecule has 1 aliphatic carbocycles. The molecule has 0 unspecified atom stereocenters. The highest BCUT2D eigenvalue weighted by molar-refractivity contribution is 6.14. The maximum Gasteiger partial charge on any atom is 0.211 e. The molecule has 140 valence electrons. The standard InChI is InChI=1S/C25H22N2.ClH/c1-27(2)22-15-12-19(13-16-22)18-20-14-17-25(24-11-7-6-10-23(20)24)26-21-8-4-3-5-9-21;/h3-18H,1-2H3;1H. The second-order valence-electron chi connectivity index (χ2n) is 6.87. The Morgan fingerprint density at radius 3 is 2.04 bits per heavy atom. The molecule has 0 atom stereocenters. The number of fused-ring (bicyclic) bond motifs is 1. The quantitative estimate of drug-likeness (QED) is 0.712. The fourth-order valence-electron chi connectivity index (χ4n) is 3.28. The fraction of sp³-hybridized carbons (Fsp3) is 0.0800. The molecule has 1 N–H and O–H groups in total. The summed E-state index contributed by atoms with van der Waals surface area (Å²) in [5.74, 6) is 0. The van der Waals surface area contributed by atoms with Crippen LogP contribution in [0.5, 0.6) is 0 Å². The molecule has 28 heavy (non-hydrogen) atoms. The summed E-state index contributed by atoms with van der Waals surface area (Å²) in [5.41, 5.74) is 8.32. The van der Waals surface area contributed by atoms with E-state index in [0.717, 1.165) is 11.4 Å². The number of halogens is 1. The summed E-state index contributed by atoms with van der Waals surface area (Å²) in [4.78, 5) is 5.65. The average Bonchev–Trinajstić information content (AvgIpc) is 2.71. The molecular weight excluding hydrogens is 364 g/mol. The van der Waals surface area contributed by atoms with Gasteiger partial charge in [-0.1, -0.05) is 48.5 Å². The first-order valence-corrected chi connectivity index (χ1v) is 9.17. The van der Waals surface area contributed by atoms with Crippen molar-refractivity contribution in [2.45, 2.75) is 0 Å². The third-order valence-electron chi connectivity index (χ3n) is 4.74. The number of rotatable bonds is 3. The number of allylic oxidation sites excluding steroid dienone is 3. The van der Waals surface area contributed by atoms with Crippen molar-refractivity contribution < 1.29 is 17.4 Å². The van der Waals surface area contributed by atoms with E-state index in [4.69, 9.17) is 0 Å². The predicted molar refractivity (Wildman–Crippen MR) is 115 cm³/mol. The Morgan fingerprint density at radius 2 is 1.36 bits per heavy atom. The predicted octanol–water partition coefficient (Wildman–Crippen LogP) is 1.07. The van der Waals surface area contributed by atoms with Gasteiger partial charge in [-0.25, -0.2) is 4.99 Å². The monoisotopic (exact) mass is 386 g/mol. The first-order chi connectivity index (χ1) is 13.2. The largest absolute Gasteiger partial charge is 1.00 e. The van der Waals surface area contributed by atoms with E-state index in [0.29, 0.717) is 0 Å². The fourth-order valence-corrected chi connectivity index (χ4v) is 3.28. The minimum absolute atomic E-state index is 0. The van der Waals surface area contributed by atoms with Gasteiger partial charge in [-0.15, -0.1) is 0 Å². The van der Waals surface area contributed by atoms with Crippen LogP contribution in [-0.4, -0.2) is 19.8 Å². The molecule has 0 aliphatic heterocycles. The van der Waals surface area contributed by atoms with Crippen molar-refractivity contribution in [1.29, 1.82) is 0 Å². The van der Waals surface area contributed by atoms with Crippen molar-refractivity contribution >= 4 is 28.7 Å². The minimum atomic E-state index is 0. The Labute approximate surface area is 173 Å². The molecule has 3 aromatic rings. The summed E-state index contributed by atoms with van der Waals surface area (Å²) in [5, 5.41) is 0. The van der Waals surface area contributed by atoms with Crippen LogP contribution in [0.2, 0.25) is 0 Å². The number of hydrogen-bond acceptors (Lipinski definition) is 1. The second-order valence-corrected chi connectivity index (χ2v) is 6.87. The van der Waals surface area contributed by atoms with Gasteiger partial charge in [0.2, 0.25) is 11.4 Å². The third kappa shape index (κ3) is 4.24. The summed E-state index contributed by atoms with van der Waals surface area (Å²) in [6.07, 6.45) is 6.59. The molecule has 0 spiro atoms. The van der Waals surface area contributed by atoms with E-state index in [9.17, 15) is 0 Å². The number of nitrogens with one attached hydrogen (secondary N) is 1. The molecule has 1 aliphatic rings. The van der Waals surface area contributed by atoms with Gasteiger partial charge in [0.15, 0.2) is 0 Å². The number of hydrogen-bond donors (Lipinski definition) is 1. The average molecular weight is 387 g/mol. The summed E-state index contributed by atoms with van der Waals surface area (Å²) >= 11 is 0. The zero-order valence-electron chi connectivity index (χ0n) is 16.1. The molecule has 0 aromatic heterocycles. The minimum Gasteiger partial charge on any atom is -1.00 e. The van der Waals surface area contributed by atoms with Crippen molar-refractivity contribution in [3.8, 4) is 0 Å². The molecular formula is C25H23ClN2. The van der Waals surface area contributed by atoms with Crippen LogP contribution in [0.25, 0.3) is 11.6 Å². The first-order valence-electron chi connectivity index (χ1n) is 9.17. The molecule has 0 amide bonds. The van der Waals surface area contributed by atoms with Gasteiger partial charge in [0.25, 0.3) is 0 Å². The van der Waals surface area contributed by atoms with Crippen LogP contribution in [0.4, 0.5) is 11.4 Å². The number of nitrogens with zero attached hydrogens (tertiary/aromatic N) is 1. The summed E-state index contributed by atoms with van der Waals surface area (Å²) in [6.45, 7) is 0. The molecule has 0 fully saturated rings. The first kappa shape index (κ1) is 19.7. The lowest BCUT2D eigenvalue weighted by Gasteiger charge is -2.14. The van der Waals surface area contributed by atoms with Crippen LogP contribution in [0.1, 0.15) is 16.7 Å². The number of para-hydroxylation sites is 1. The Hall–Kier alpha value is -3.10. The van der Waals surface area contributed by atoms with E-state index in [1.807, 2.05) is 18.2 Å². The smallest absolute Gasteiger partial charge is 0.211 e. The molecule has 0 bridgehead atoms. The van der Waals surface area contributed by atoms with Crippen molar-refractivity contribution in [3.05, 3.63) is 108 Å². The van der Waals surface area contributed by atoms with Gasteiger partial charge in [-0.2, -0.15) is 0 Å². The van der Waals surface area contributed by atoms with Crippen LogP contribution in [0, 0.1) is 0 Å². The van der Waals surface area contributed by atoms with Crippen LogP contribution < -0.4 is 22.3 Å². The van der Waals surface area contributed by atoms with Gasteiger partial charge in [0.05, 0.1) is 5.56 Å². The maximum atomic E-state index is 3.54. The SMILES string of the molecule is CN(C)c1ccc(C=C2C=CC(=[NH+]c3ccccc3)c3ccccc32)cc1.[Cl-]. The lowest BCUT2D eigenvalue weighted by atomic mass is 9.90. The Bertz CT molecular complexity index is 1030. The van der Waals surface area contributed by atoms with E-state index >= 15 is 0 Å². The normalized spacial score (nSPS) is 15.2. The molecule has 4 rings (SSSR count). The highest BCUT2D eigenvalue weighted by Gasteiger charge is 2.18. The molecule has 0 saturated heterocycles. The molecule has 0 radical (unpaired) electrons. The summed E-state index contributed by atoms with van der Waals surface area (Å²) < 4.78 is 0.